The third-order valence-corrected chi connectivity index (χ3v) is 11.5. The summed E-state index contributed by atoms with van der Waals surface area (Å²) in [4.78, 5) is 22.6. The predicted molar refractivity (Wildman–Crippen MR) is 252 cm³/mol. The molecule has 0 rings (SSSR count). The zero-order valence-corrected chi connectivity index (χ0v) is 39.4. The fourth-order valence-electron chi connectivity index (χ4n) is 6.82. The number of hydrogen-bond donors (Lipinski definition) is 2. The van der Waals surface area contributed by atoms with E-state index in [-0.39, 0.29) is 32.3 Å². The van der Waals surface area contributed by atoms with E-state index in [1.807, 2.05) is 0 Å². The molecule has 0 fully saturated rings. The topological polar surface area (TPSA) is 117 Å². The molecule has 0 aliphatic carbocycles. The number of allylic oxidation sites excluding steroid dienone is 8. The second kappa shape index (κ2) is 47.5. The van der Waals surface area contributed by atoms with Gasteiger partial charge in [-0.05, 0) is 77.0 Å². The number of rotatable bonds is 47. The molecule has 59 heavy (non-hydrogen) atoms. The Morgan fingerprint density at radius 1 is 0.508 bits per heavy atom. The summed E-state index contributed by atoms with van der Waals surface area (Å²) in [5, 5.41) is 0. The van der Waals surface area contributed by atoms with Gasteiger partial charge in [-0.25, -0.2) is 4.57 Å². The number of nitrogens with two attached hydrogens (primary N) is 1. The normalized spacial score (nSPS) is 13.8. The summed E-state index contributed by atoms with van der Waals surface area (Å²) in [6, 6.07) is 0. The largest absolute Gasteiger partial charge is 0.472 e. The van der Waals surface area contributed by atoms with Gasteiger partial charge in [0.05, 0.1) is 19.8 Å². The summed E-state index contributed by atoms with van der Waals surface area (Å²) in [7, 11) is -4.29. The van der Waals surface area contributed by atoms with Gasteiger partial charge in [-0.15, -0.1) is 0 Å². The molecule has 0 bridgehead atoms. The molecule has 0 radical (unpaired) electrons. The quantitative estimate of drug-likeness (QED) is 0.0269. The van der Waals surface area contributed by atoms with Crippen molar-refractivity contribution in [1.82, 2.24) is 0 Å². The maximum atomic E-state index is 12.6. The zero-order valence-electron chi connectivity index (χ0n) is 38.5. The minimum Gasteiger partial charge on any atom is -0.457 e. The van der Waals surface area contributed by atoms with E-state index < -0.39 is 13.9 Å². The van der Waals surface area contributed by atoms with Gasteiger partial charge in [0.15, 0.2) is 0 Å². The number of carbonyl (C=O) groups is 1. The number of hydrogen-bond acceptors (Lipinski definition) is 7. The van der Waals surface area contributed by atoms with Crippen molar-refractivity contribution < 1.29 is 32.8 Å². The highest BCUT2D eigenvalue weighted by Gasteiger charge is 2.25. The van der Waals surface area contributed by atoms with Gasteiger partial charge in [0.1, 0.15) is 6.10 Å². The molecule has 0 aromatic heterocycles. The van der Waals surface area contributed by atoms with Gasteiger partial charge in [-0.3, -0.25) is 13.8 Å². The Balaban J connectivity index is 3.99. The van der Waals surface area contributed by atoms with Crippen LogP contribution in [0.3, 0.4) is 0 Å². The highest BCUT2D eigenvalue weighted by Crippen LogP contribution is 2.43. The van der Waals surface area contributed by atoms with E-state index in [0.29, 0.717) is 13.0 Å². The Bertz CT molecular complexity index is 1050. The summed E-state index contributed by atoms with van der Waals surface area (Å²) < 4.78 is 33.5. The highest BCUT2D eigenvalue weighted by atomic mass is 31.2. The third kappa shape index (κ3) is 47.4. The molecule has 0 aromatic rings. The fraction of sp³-hybridized carbons (Fsp3) is 0.820. The molecule has 0 aliphatic heterocycles. The number of unbranched alkanes of at least 4 members (excludes halogenated alkanes) is 26. The number of phosphoric ester groups is 1. The van der Waals surface area contributed by atoms with E-state index in [9.17, 15) is 14.3 Å². The van der Waals surface area contributed by atoms with Crippen LogP contribution in [0.5, 0.6) is 0 Å². The van der Waals surface area contributed by atoms with Gasteiger partial charge in [0.2, 0.25) is 0 Å². The molecule has 9 heteroatoms. The monoisotopic (exact) mass is 852 g/mol. The van der Waals surface area contributed by atoms with Gasteiger partial charge in [0, 0.05) is 19.6 Å². The van der Waals surface area contributed by atoms with Crippen molar-refractivity contribution in [2.24, 2.45) is 5.73 Å². The first kappa shape index (κ1) is 57.5. The van der Waals surface area contributed by atoms with Crippen LogP contribution in [0.2, 0.25) is 0 Å². The van der Waals surface area contributed by atoms with Gasteiger partial charge in [0.25, 0.3) is 0 Å². The second-order valence-corrected chi connectivity index (χ2v) is 17.8. The average Bonchev–Trinajstić information content (AvgIpc) is 3.23. The van der Waals surface area contributed by atoms with Crippen LogP contribution in [-0.4, -0.2) is 49.9 Å². The first-order valence-corrected chi connectivity index (χ1v) is 26.1. The first-order valence-electron chi connectivity index (χ1n) is 24.6. The molecule has 3 N–H and O–H groups in total. The smallest absolute Gasteiger partial charge is 0.457 e. The number of phosphoric acid groups is 1. The predicted octanol–water partition coefficient (Wildman–Crippen LogP) is 15.1. The lowest BCUT2D eigenvalue weighted by atomic mass is 10.1. The van der Waals surface area contributed by atoms with E-state index in [2.05, 4.69) is 62.5 Å². The van der Waals surface area contributed by atoms with Gasteiger partial charge in [-0.2, -0.15) is 0 Å². The lowest BCUT2D eigenvalue weighted by Crippen LogP contribution is -2.28. The minimum atomic E-state index is -4.29. The standard InChI is InChI=1S/C50H94NO7P/c1-3-5-7-9-11-13-15-17-19-21-22-23-24-25-26-27-29-31-33-35-37-39-41-43-50(52)58-49(48-57-59(53,54)56-46-44-51)47-55-45-42-40-38-36-34-32-30-28-20-18-16-14-12-10-8-6-4-2/h15,17,20-22,24-25,28,49H,3-14,16,18-19,23,26-27,29-48,51H2,1-2H3,(H,53,54)/b17-15-,22-21-,25-24-,28-20-. The molecule has 0 saturated carbocycles. The van der Waals surface area contributed by atoms with Crippen LogP contribution < -0.4 is 5.73 Å². The van der Waals surface area contributed by atoms with E-state index in [4.69, 9.17) is 24.3 Å². The average molecular weight is 852 g/mol. The minimum absolute atomic E-state index is 0.0970. The second-order valence-electron chi connectivity index (χ2n) is 16.3. The van der Waals surface area contributed by atoms with Crippen molar-refractivity contribution >= 4 is 13.8 Å². The lowest BCUT2D eigenvalue weighted by molar-refractivity contribution is -0.154. The van der Waals surface area contributed by atoms with Gasteiger partial charge in [-0.1, -0.05) is 191 Å². The summed E-state index contributed by atoms with van der Waals surface area (Å²) in [6.45, 7) is 4.90. The van der Waals surface area contributed by atoms with Crippen molar-refractivity contribution in [1.29, 1.82) is 0 Å². The molecule has 0 saturated heterocycles. The molecular weight excluding hydrogens is 758 g/mol. The van der Waals surface area contributed by atoms with Crippen LogP contribution in [0.1, 0.15) is 226 Å². The summed E-state index contributed by atoms with van der Waals surface area (Å²) in [5.74, 6) is -0.339. The maximum Gasteiger partial charge on any atom is 0.472 e. The summed E-state index contributed by atoms with van der Waals surface area (Å²) in [5.41, 5.74) is 5.38. The van der Waals surface area contributed by atoms with Crippen LogP contribution in [0.25, 0.3) is 0 Å². The van der Waals surface area contributed by atoms with E-state index in [1.165, 1.54) is 154 Å². The first-order chi connectivity index (χ1) is 28.9. The van der Waals surface area contributed by atoms with Crippen LogP contribution in [-0.2, 0) is 27.9 Å². The van der Waals surface area contributed by atoms with Crippen LogP contribution >= 0.6 is 7.82 Å². The Kier molecular flexibility index (Phi) is 46.3. The molecule has 2 atom stereocenters. The Labute approximate surface area is 364 Å². The van der Waals surface area contributed by atoms with Crippen molar-refractivity contribution in [2.75, 3.05) is 33.0 Å². The number of esters is 1. The fourth-order valence-corrected chi connectivity index (χ4v) is 7.59. The van der Waals surface area contributed by atoms with Crippen LogP contribution in [0.4, 0.5) is 0 Å². The molecule has 8 nitrogen and oxygen atoms in total. The van der Waals surface area contributed by atoms with Crippen LogP contribution in [0, 0.1) is 0 Å². The number of carbonyl (C=O) groups excluding carboxylic acids is 1. The van der Waals surface area contributed by atoms with E-state index in [1.54, 1.807) is 0 Å². The van der Waals surface area contributed by atoms with Crippen molar-refractivity contribution in [3.8, 4) is 0 Å². The molecule has 0 amide bonds. The SMILES string of the molecule is CCCCCCC/C=C\C/C=C\C/C=C\CCCCCCCCCCC(=O)OC(COCCCCCCCC/C=C\CCCCCCCCC)COP(=O)(O)OCCN. The highest BCUT2D eigenvalue weighted by molar-refractivity contribution is 7.47. The molecule has 0 spiro atoms. The van der Waals surface area contributed by atoms with Crippen molar-refractivity contribution in [3.05, 3.63) is 48.6 Å². The van der Waals surface area contributed by atoms with Gasteiger partial charge < -0.3 is 20.1 Å². The van der Waals surface area contributed by atoms with Crippen LogP contribution in [0.15, 0.2) is 48.6 Å². The molecule has 0 aromatic carbocycles. The molecule has 0 aliphatic rings. The number of ether oxygens (including phenoxy) is 2. The molecule has 0 heterocycles. The summed E-state index contributed by atoms with van der Waals surface area (Å²) in [6.07, 6.45) is 57.0. The molecular formula is C50H94NO7P. The van der Waals surface area contributed by atoms with Crippen molar-refractivity contribution in [3.63, 3.8) is 0 Å². The van der Waals surface area contributed by atoms with Crippen molar-refractivity contribution in [2.45, 2.75) is 232 Å². The molecule has 2 unspecified atom stereocenters. The zero-order chi connectivity index (χ0) is 43.0. The third-order valence-electron chi connectivity index (χ3n) is 10.5. The lowest BCUT2D eigenvalue weighted by Gasteiger charge is -2.20. The van der Waals surface area contributed by atoms with E-state index in [0.717, 1.165) is 51.4 Å². The Hall–Kier alpha value is -1.54. The summed E-state index contributed by atoms with van der Waals surface area (Å²) >= 11 is 0. The maximum absolute atomic E-state index is 12.6. The molecule has 346 valence electrons. The Morgan fingerprint density at radius 3 is 1.36 bits per heavy atom. The van der Waals surface area contributed by atoms with E-state index >= 15 is 0 Å². The van der Waals surface area contributed by atoms with Gasteiger partial charge >= 0.3 is 13.8 Å². The Morgan fingerprint density at radius 2 is 0.898 bits per heavy atom.